The Morgan fingerprint density at radius 2 is 0.517 bits per heavy atom. The Bertz CT molecular complexity index is 539. The molecule has 0 amide bonds. The Balaban J connectivity index is 6.88. The van der Waals surface area contributed by atoms with E-state index in [2.05, 4.69) is 52.6 Å². The summed E-state index contributed by atoms with van der Waals surface area (Å²) in [4.78, 5) is 0. The van der Waals surface area contributed by atoms with Crippen molar-refractivity contribution < 1.29 is 16.5 Å². The molecule has 0 aromatic heterocycles. The lowest BCUT2D eigenvalue weighted by molar-refractivity contribution is 0.156. The fourth-order valence-electron chi connectivity index (χ4n) is 1.87. The first-order valence-corrected chi connectivity index (χ1v) is 21.1. The van der Waals surface area contributed by atoms with Gasteiger partial charge in [0.2, 0.25) is 33.3 Å². The van der Waals surface area contributed by atoms with E-state index >= 15 is 0 Å². The van der Waals surface area contributed by atoms with E-state index < -0.39 is 42.3 Å². The van der Waals surface area contributed by atoms with Gasteiger partial charge >= 0.3 is 9.05 Å². The van der Waals surface area contributed by atoms with E-state index in [-0.39, 0.29) is 0 Å². The molecule has 0 rings (SSSR count). The van der Waals surface area contributed by atoms with Crippen molar-refractivity contribution >= 4 is 42.3 Å². The SMILES string of the molecule is C=C[Si](C)(C=C)O[Si](O[Si](C)(C=C)C=C)(O[Si](C)(C=C)C=C)O[Si](C)(C=C)C=C. The molecule has 0 heterocycles. The third-order valence-electron chi connectivity index (χ3n) is 4.62. The van der Waals surface area contributed by atoms with Crippen molar-refractivity contribution in [3.8, 4) is 0 Å². The zero-order valence-corrected chi connectivity index (χ0v) is 23.4. The van der Waals surface area contributed by atoms with Crippen molar-refractivity contribution in [3.05, 3.63) is 98.2 Å². The van der Waals surface area contributed by atoms with Crippen LogP contribution in [-0.2, 0) is 16.5 Å². The molecule has 0 aromatic rings. The van der Waals surface area contributed by atoms with E-state index in [1.807, 2.05) is 26.2 Å². The molecule has 0 aliphatic heterocycles. The van der Waals surface area contributed by atoms with E-state index in [0.29, 0.717) is 0 Å². The summed E-state index contributed by atoms with van der Waals surface area (Å²) in [5, 5.41) is 0. The predicted octanol–water partition coefficient (Wildman–Crippen LogP) is 5.59. The van der Waals surface area contributed by atoms with Crippen molar-refractivity contribution in [2.75, 3.05) is 0 Å². The highest BCUT2D eigenvalue weighted by Gasteiger charge is 2.58. The van der Waals surface area contributed by atoms with Crippen LogP contribution in [0, 0.1) is 0 Å². The highest BCUT2D eigenvalue weighted by Crippen LogP contribution is 2.31. The summed E-state index contributed by atoms with van der Waals surface area (Å²) in [6, 6.07) is 0. The maximum Gasteiger partial charge on any atom is 0.638 e. The van der Waals surface area contributed by atoms with Gasteiger partial charge in [0, 0.05) is 0 Å². The van der Waals surface area contributed by atoms with Crippen molar-refractivity contribution in [3.63, 3.8) is 0 Å². The topological polar surface area (TPSA) is 36.9 Å². The van der Waals surface area contributed by atoms with Crippen molar-refractivity contribution in [1.29, 1.82) is 0 Å². The van der Waals surface area contributed by atoms with Crippen LogP contribution in [0.15, 0.2) is 98.2 Å². The first kappa shape index (κ1) is 27.8. The van der Waals surface area contributed by atoms with Gasteiger partial charge in [-0.25, -0.2) is 0 Å². The molecule has 0 atom stereocenters. The zero-order chi connectivity index (χ0) is 23.0. The van der Waals surface area contributed by atoms with Gasteiger partial charge in [0.15, 0.2) is 0 Å². The van der Waals surface area contributed by atoms with Crippen LogP contribution in [0.25, 0.3) is 0 Å². The molecule has 0 fully saturated rings. The summed E-state index contributed by atoms with van der Waals surface area (Å²) in [5.74, 6) is 0. The lowest BCUT2D eigenvalue weighted by Gasteiger charge is -2.44. The highest BCUT2D eigenvalue weighted by atomic mass is 28.5. The van der Waals surface area contributed by atoms with Crippen LogP contribution in [0.5, 0.6) is 0 Å². The summed E-state index contributed by atoms with van der Waals surface area (Å²) in [6.45, 7) is 39.3. The average Bonchev–Trinajstić information content (AvgIpc) is 2.73. The second-order valence-electron chi connectivity index (χ2n) is 7.28. The molecular formula is C20H36O4Si5. The minimum atomic E-state index is -3.83. The minimum absolute atomic E-state index is 1.76. The van der Waals surface area contributed by atoms with E-state index in [1.54, 1.807) is 45.6 Å². The minimum Gasteiger partial charge on any atom is -0.387 e. The van der Waals surface area contributed by atoms with E-state index in [0.717, 1.165) is 0 Å². The fraction of sp³-hybridized carbons (Fsp3) is 0.200. The predicted molar refractivity (Wildman–Crippen MR) is 138 cm³/mol. The van der Waals surface area contributed by atoms with Crippen molar-refractivity contribution in [1.82, 2.24) is 0 Å². The Kier molecular flexibility index (Phi) is 10.3. The van der Waals surface area contributed by atoms with Crippen LogP contribution in [0.2, 0.25) is 26.2 Å². The number of hydrogen-bond acceptors (Lipinski definition) is 4. The third-order valence-corrected chi connectivity index (χ3v) is 22.1. The van der Waals surface area contributed by atoms with Gasteiger partial charge in [-0.2, -0.15) is 0 Å². The number of rotatable bonds is 16. The number of hydrogen-bond donors (Lipinski definition) is 0. The second kappa shape index (κ2) is 10.7. The molecule has 0 N–H and O–H groups in total. The molecule has 0 spiro atoms. The van der Waals surface area contributed by atoms with Crippen LogP contribution in [0.3, 0.4) is 0 Å². The van der Waals surface area contributed by atoms with Gasteiger partial charge in [-0.05, 0) is 26.2 Å². The summed E-state index contributed by atoms with van der Waals surface area (Å²) < 4.78 is 26.5. The van der Waals surface area contributed by atoms with Gasteiger partial charge in [-0.3, -0.25) is 0 Å². The maximum atomic E-state index is 6.61. The quantitative estimate of drug-likeness (QED) is 0.270. The summed E-state index contributed by atoms with van der Waals surface area (Å²) in [5.41, 5.74) is 14.1. The molecule has 0 aliphatic rings. The molecule has 0 unspecified atom stereocenters. The molecule has 0 bridgehead atoms. The van der Waals surface area contributed by atoms with Gasteiger partial charge in [-0.15, -0.1) is 52.6 Å². The van der Waals surface area contributed by atoms with Gasteiger partial charge < -0.3 is 16.5 Å². The van der Waals surface area contributed by atoms with E-state index in [9.17, 15) is 0 Å². The smallest absolute Gasteiger partial charge is 0.387 e. The van der Waals surface area contributed by atoms with Crippen molar-refractivity contribution in [2.24, 2.45) is 0 Å². The summed E-state index contributed by atoms with van der Waals surface area (Å²) >= 11 is 0. The standard InChI is InChI=1S/C20H36O4Si5/c1-13-25(9,14-2)21-29(22-26(10,15-3)16-4,23-27(11,17-5)18-6)24-28(12,19-7)20-8/h13-20H,1-8H2,9-12H3. The van der Waals surface area contributed by atoms with E-state index in [4.69, 9.17) is 16.5 Å². The Morgan fingerprint density at radius 3 is 0.621 bits per heavy atom. The lowest BCUT2D eigenvalue weighted by Crippen LogP contribution is -2.66. The van der Waals surface area contributed by atoms with Crippen LogP contribution in [0.4, 0.5) is 0 Å². The molecular weight excluding hydrogens is 445 g/mol. The maximum absolute atomic E-state index is 6.61. The van der Waals surface area contributed by atoms with Crippen LogP contribution >= 0.6 is 0 Å². The molecule has 160 valence electrons. The molecule has 29 heavy (non-hydrogen) atoms. The molecule has 0 aliphatic carbocycles. The van der Waals surface area contributed by atoms with Crippen molar-refractivity contribution in [2.45, 2.75) is 26.2 Å². The molecule has 9 heteroatoms. The molecule has 0 saturated heterocycles. The zero-order valence-electron chi connectivity index (χ0n) is 18.4. The van der Waals surface area contributed by atoms with Gasteiger partial charge in [0.1, 0.15) is 0 Å². The molecule has 4 nitrogen and oxygen atoms in total. The lowest BCUT2D eigenvalue weighted by atomic mass is 11.2. The monoisotopic (exact) mass is 480 g/mol. The van der Waals surface area contributed by atoms with Gasteiger partial charge in [0.25, 0.3) is 0 Å². The Hall–Kier alpha value is -1.16. The molecule has 0 aromatic carbocycles. The van der Waals surface area contributed by atoms with E-state index in [1.165, 1.54) is 0 Å². The fourth-order valence-corrected chi connectivity index (χ4v) is 17.1. The largest absolute Gasteiger partial charge is 0.638 e. The first-order valence-electron chi connectivity index (χ1n) is 9.21. The second-order valence-corrected chi connectivity index (χ2v) is 24.3. The summed E-state index contributed by atoms with van der Waals surface area (Å²) in [6.07, 6.45) is 0. The Labute approximate surface area is 183 Å². The molecule has 0 radical (unpaired) electrons. The highest BCUT2D eigenvalue weighted by molar-refractivity contribution is 6.99. The summed E-state index contributed by atoms with van der Waals surface area (Å²) in [7, 11) is -14.4. The normalized spacial score (nSPS) is 13.1. The first-order chi connectivity index (χ1) is 13.3. The van der Waals surface area contributed by atoms with Crippen LogP contribution < -0.4 is 0 Å². The van der Waals surface area contributed by atoms with Gasteiger partial charge in [-0.1, -0.05) is 45.6 Å². The average molecular weight is 481 g/mol. The van der Waals surface area contributed by atoms with Gasteiger partial charge in [0.05, 0.1) is 0 Å². The molecule has 0 saturated carbocycles. The Morgan fingerprint density at radius 1 is 0.379 bits per heavy atom. The van der Waals surface area contributed by atoms with Crippen LogP contribution in [0.1, 0.15) is 0 Å². The third kappa shape index (κ3) is 7.55. The van der Waals surface area contributed by atoms with Crippen LogP contribution in [-0.4, -0.2) is 42.3 Å².